The number of hydrogen-bond donors (Lipinski definition) is 1. The first-order valence-corrected chi connectivity index (χ1v) is 7.27. The molecule has 0 fully saturated rings. The SMILES string of the molecule is CC(C)n1cc(N[C@H](C)c2ccc(-n3cnnn3)cc2)cn1. The molecule has 7 heteroatoms. The molecule has 22 heavy (non-hydrogen) atoms. The average Bonchev–Trinajstić information content (AvgIpc) is 3.19. The van der Waals surface area contributed by atoms with E-state index in [1.807, 2.05) is 29.2 Å². The van der Waals surface area contributed by atoms with Crippen LogP contribution in [0, 0.1) is 0 Å². The van der Waals surface area contributed by atoms with Crippen molar-refractivity contribution < 1.29 is 0 Å². The van der Waals surface area contributed by atoms with E-state index in [0.717, 1.165) is 11.4 Å². The zero-order valence-electron chi connectivity index (χ0n) is 12.9. The highest BCUT2D eigenvalue weighted by molar-refractivity contribution is 5.43. The predicted octanol–water partition coefficient (Wildman–Crippen LogP) is 2.61. The lowest BCUT2D eigenvalue weighted by Gasteiger charge is -2.14. The Morgan fingerprint density at radius 2 is 1.86 bits per heavy atom. The summed E-state index contributed by atoms with van der Waals surface area (Å²) in [5.74, 6) is 0. The van der Waals surface area contributed by atoms with Crippen LogP contribution in [0.2, 0.25) is 0 Å². The Morgan fingerprint density at radius 1 is 1.09 bits per heavy atom. The van der Waals surface area contributed by atoms with E-state index in [1.54, 1.807) is 11.0 Å². The monoisotopic (exact) mass is 297 g/mol. The van der Waals surface area contributed by atoms with Gasteiger partial charge in [-0.05, 0) is 48.9 Å². The number of aromatic nitrogens is 6. The minimum absolute atomic E-state index is 0.188. The summed E-state index contributed by atoms with van der Waals surface area (Å²) in [5.41, 5.74) is 3.15. The molecule has 0 spiro atoms. The van der Waals surface area contributed by atoms with Crippen molar-refractivity contribution in [3.05, 3.63) is 48.5 Å². The fraction of sp³-hybridized carbons (Fsp3) is 0.333. The smallest absolute Gasteiger partial charge is 0.143 e. The third kappa shape index (κ3) is 2.98. The first-order chi connectivity index (χ1) is 10.6. The first-order valence-electron chi connectivity index (χ1n) is 7.27. The van der Waals surface area contributed by atoms with Crippen molar-refractivity contribution >= 4 is 5.69 Å². The van der Waals surface area contributed by atoms with Crippen molar-refractivity contribution in [1.82, 2.24) is 30.0 Å². The number of hydrogen-bond acceptors (Lipinski definition) is 5. The molecule has 0 aliphatic heterocycles. The Kier molecular flexibility index (Phi) is 3.86. The number of rotatable bonds is 5. The quantitative estimate of drug-likeness (QED) is 0.783. The van der Waals surface area contributed by atoms with Gasteiger partial charge in [0.25, 0.3) is 0 Å². The van der Waals surface area contributed by atoms with Gasteiger partial charge in [-0.1, -0.05) is 12.1 Å². The van der Waals surface area contributed by atoms with E-state index in [9.17, 15) is 0 Å². The molecule has 0 unspecified atom stereocenters. The molecule has 114 valence electrons. The van der Waals surface area contributed by atoms with Crippen LogP contribution in [0.5, 0.6) is 0 Å². The summed E-state index contributed by atoms with van der Waals surface area (Å²) in [7, 11) is 0. The molecule has 0 saturated carbocycles. The molecule has 2 aromatic heterocycles. The Bertz CT molecular complexity index is 713. The lowest BCUT2D eigenvalue weighted by Crippen LogP contribution is -2.06. The molecule has 3 aromatic rings. The van der Waals surface area contributed by atoms with Gasteiger partial charge in [-0.15, -0.1) is 5.10 Å². The van der Waals surface area contributed by atoms with Crippen LogP contribution in [-0.2, 0) is 0 Å². The second-order valence-corrected chi connectivity index (χ2v) is 5.51. The largest absolute Gasteiger partial charge is 0.376 e. The highest BCUT2D eigenvalue weighted by Crippen LogP contribution is 2.20. The van der Waals surface area contributed by atoms with Crippen LogP contribution >= 0.6 is 0 Å². The molecular weight excluding hydrogens is 278 g/mol. The molecule has 2 heterocycles. The van der Waals surface area contributed by atoms with Crippen LogP contribution < -0.4 is 5.32 Å². The third-order valence-electron chi connectivity index (χ3n) is 3.52. The van der Waals surface area contributed by atoms with E-state index >= 15 is 0 Å². The Morgan fingerprint density at radius 3 is 2.45 bits per heavy atom. The van der Waals surface area contributed by atoms with E-state index in [-0.39, 0.29) is 6.04 Å². The van der Waals surface area contributed by atoms with E-state index in [4.69, 9.17) is 0 Å². The van der Waals surface area contributed by atoms with E-state index in [0.29, 0.717) is 6.04 Å². The molecule has 0 amide bonds. The molecule has 3 rings (SSSR count). The van der Waals surface area contributed by atoms with E-state index in [1.165, 1.54) is 5.56 Å². The van der Waals surface area contributed by atoms with Crippen LogP contribution in [0.3, 0.4) is 0 Å². The fourth-order valence-corrected chi connectivity index (χ4v) is 2.22. The molecule has 0 aliphatic rings. The number of benzene rings is 1. The van der Waals surface area contributed by atoms with Gasteiger partial charge in [0.05, 0.1) is 17.6 Å². The van der Waals surface area contributed by atoms with Gasteiger partial charge in [0.1, 0.15) is 6.33 Å². The second kappa shape index (κ2) is 5.97. The zero-order chi connectivity index (χ0) is 15.5. The molecule has 0 aliphatic carbocycles. The highest BCUT2D eigenvalue weighted by Gasteiger charge is 2.08. The summed E-state index contributed by atoms with van der Waals surface area (Å²) >= 11 is 0. The normalized spacial score (nSPS) is 12.5. The van der Waals surface area contributed by atoms with Gasteiger partial charge in [0, 0.05) is 18.3 Å². The molecule has 0 radical (unpaired) electrons. The van der Waals surface area contributed by atoms with Crippen molar-refractivity contribution in [1.29, 1.82) is 0 Å². The zero-order valence-corrected chi connectivity index (χ0v) is 12.9. The van der Waals surface area contributed by atoms with Crippen LogP contribution in [0.4, 0.5) is 5.69 Å². The molecule has 0 saturated heterocycles. The van der Waals surface area contributed by atoms with E-state index in [2.05, 4.69) is 58.8 Å². The maximum Gasteiger partial charge on any atom is 0.143 e. The van der Waals surface area contributed by atoms with Crippen molar-refractivity contribution in [3.8, 4) is 5.69 Å². The van der Waals surface area contributed by atoms with Gasteiger partial charge in [-0.2, -0.15) is 5.10 Å². The van der Waals surface area contributed by atoms with E-state index < -0.39 is 0 Å². The van der Waals surface area contributed by atoms with Gasteiger partial charge in [-0.25, -0.2) is 4.68 Å². The van der Waals surface area contributed by atoms with Crippen LogP contribution in [-0.4, -0.2) is 30.0 Å². The summed E-state index contributed by atoms with van der Waals surface area (Å²) in [6, 6.07) is 8.69. The number of nitrogens with zero attached hydrogens (tertiary/aromatic N) is 6. The molecular formula is C15H19N7. The van der Waals surface area contributed by atoms with Gasteiger partial charge in [0.2, 0.25) is 0 Å². The standard InChI is InChI=1S/C15H19N7/c1-11(2)21-9-14(8-17-21)18-12(3)13-4-6-15(7-5-13)22-10-16-19-20-22/h4-12,18H,1-3H3/t12-/m1/s1. The van der Waals surface area contributed by atoms with Crippen molar-refractivity contribution in [2.45, 2.75) is 32.9 Å². The second-order valence-electron chi connectivity index (χ2n) is 5.51. The molecule has 0 bridgehead atoms. The van der Waals surface area contributed by atoms with Crippen molar-refractivity contribution in [2.24, 2.45) is 0 Å². The Balaban J connectivity index is 1.70. The summed E-state index contributed by atoms with van der Waals surface area (Å²) < 4.78 is 3.57. The molecule has 1 N–H and O–H groups in total. The lowest BCUT2D eigenvalue weighted by atomic mass is 10.1. The Hall–Kier alpha value is -2.70. The van der Waals surface area contributed by atoms with Gasteiger partial charge in [-0.3, -0.25) is 4.68 Å². The van der Waals surface area contributed by atoms with Crippen molar-refractivity contribution in [2.75, 3.05) is 5.32 Å². The molecule has 1 atom stereocenters. The van der Waals surface area contributed by atoms with Gasteiger partial charge >= 0.3 is 0 Å². The first kappa shape index (κ1) is 14.2. The summed E-state index contributed by atoms with van der Waals surface area (Å²) in [6.45, 7) is 6.34. The minimum Gasteiger partial charge on any atom is -0.376 e. The maximum absolute atomic E-state index is 4.34. The molecule has 7 nitrogen and oxygen atoms in total. The number of nitrogens with one attached hydrogen (secondary N) is 1. The number of tetrazole rings is 1. The lowest BCUT2D eigenvalue weighted by molar-refractivity contribution is 0.532. The topological polar surface area (TPSA) is 73.5 Å². The van der Waals surface area contributed by atoms with Gasteiger partial charge in [0.15, 0.2) is 0 Å². The Labute approximate surface area is 129 Å². The average molecular weight is 297 g/mol. The summed E-state index contributed by atoms with van der Waals surface area (Å²) in [5, 5.41) is 19.0. The summed E-state index contributed by atoms with van der Waals surface area (Å²) in [6.07, 6.45) is 5.46. The third-order valence-corrected chi connectivity index (χ3v) is 3.52. The number of anilines is 1. The van der Waals surface area contributed by atoms with Crippen LogP contribution in [0.1, 0.15) is 38.4 Å². The van der Waals surface area contributed by atoms with Gasteiger partial charge < -0.3 is 5.32 Å². The van der Waals surface area contributed by atoms with Crippen molar-refractivity contribution in [3.63, 3.8) is 0 Å². The fourth-order valence-electron chi connectivity index (χ4n) is 2.22. The summed E-state index contributed by atoms with van der Waals surface area (Å²) in [4.78, 5) is 0. The predicted molar refractivity (Wildman–Crippen MR) is 83.8 cm³/mol. The minimum atomic E-state index is 0.188. The maximum atomic E-state index is 4.34. The highest BCUT2D eigenvalue weighted by atomic mass is 15.5. The van der Waals surface area contributed by atoms with Crippen LogP contribution in [0.15, 0.2) is 43.0 Å². The molecule has 1 aromatic carbocycles. The van der Waals surface area contributed by atoms with Crippen LogP contribution in [0.25, 0.3) is 5.69 Å².